The van der Waals surface area contributed by atoms with Crippen LogP contribution in [-0.4, -0.2) is 0 Å². The molecule has 0 aliphatic heterocycles. The van der Waals surface area contributed by atoms with Crippen molar-refractivity contribution in [3.05, 3.63) is 212 Å². The third-order valence-electron chi connectivity index (χ3n) is 12.1. The number of nitrogens with two attached hydrogens (primary N) is 1. The van der Waals surface area contributed by atoms with Crippen LogP contribution in [0.25, 0.3) is 104 Å². The van der Waals surface area contributed by atoms with E-state index in [2.05, 4.69) is 231 Å². The van der Waals surface area contributed by atoms with Gasteiger partial charge in [-0.1, -0.05) is 195 Å². The minimum Gasteiger partial charge on any atom is -0.281 e. The van der Waals surface area contributed by atoms with E-state index >= 15 is 0 Å². The Bertz CT molecular complexity index is 3170. The van der Waals surface area contributed by atoms with E-state index in [0.717, 1.165) is 6.42 Å². The Morgan fingerprint density at radius 3 is 1.24 bits per heavy atom. The molecule has 1 atom stereocenters. The van der Waals surface area contributed by atoms with E-state index in [1.165, 1.54) is 110 Å². The largest absolute Gasteiger partial charge is 0.281 e. The lowest BCUT2D eigenvalue weighted by Crippen LogP contribution is -1.97. The molecule has 0 fully saturated rings. The third-order valence-corrected chi connectivity index (χ3v) is 12.1. The van der Waals surface area contributed by atoms with Crippen LogP contribution in [0.15, 0.2) is 206 Å². The zero-order valence-corrected chi connectivity index (χ0v) is 33.8. The Hall–Kier alpha value is -6.71. The fourth-order valence-electron chi connectivity index (χ4n) is 9.45. The van der Waals surface area contributed by atoms with E-state index in [4.69, 9.17) is 0 Å². The SMILES string of the molecule is CC1C=CC(c2c3ccccc3c(-c3ccc4cc(-c5cccc(-c6c7ccccc7c(-c7ccccc7)c7ccccc67)c5)ccc4c3)c3ccccc23)=CC1.NS. The van der Waals surface area contributed by atoms with Crippen molar-refractivity contribution in [1.82, 2.24) is 0 Å². The van der Waals surface area contributed by atoms with Crippen molar-refractivity contribution in [2.24, 2.45) is 11.1 Å². The minimum atomic E-state index is 0.575. The summed E-state index contributed by atoms with van der Waals surface area (Å²) in [5.74, 6) is 0.575. The monoisotopic (exact) mass is 773 g/mol. The Labute approximate surface area is 351 Å². The first kappa shape index (κ1) is 36.6. The van der Waals surface area contributed by atoms with Crippen LogP contribution < -0.4 is 5.14 Å². The standard InChI is InChI=1S/C57H40.H3NS/c1-37-26-28-39(29-27-37)55-48-20-7-11-24-52(48)57(53-25-12-8-21-49(53)55)45-33-32-42-34-41(30-31-43(42)36-45)40-16-13-17-44(35-40)56-50-22-9-5-18-46(50)54(38-14-3-2-4-15-38)47-19-6-10-23-51(47)56;1-2/h2-26,28-37H,27H2,1H3;2H,1H2. The van der Waals surface area contributed by atoms with Gasteiger partial charge in [0.1, 0.15) is 0 Å². The smallest absolute Gasteiger partial charge is 0.00262 e. The Morgan fingerprint density at radius 1 is 0.373 bits per heavy atom. The molecule has 0 radical (unpaired) electrons. The molecule has 10 aromatic carbocycles. The number of allylic oxidation sites excluding steroid dienone is 4. The predicted molar refractivity (Wildman–Crippen MR) is 260 cm³/mol. The molecule has 0 amide bonds. The Kier molecular flexibility index (Phi) is 9.66. The summed E-state index contributed by atoms with van der Waals surface area (Å²) in [6.07, 6.45) is 8.18. The first-order valence-corrected chi connectivity index (χ1v) is 20.9. The number of rotatable bonds is 5. The molecule has 2 heteroatoms. The summed E-state index contributed by atoms with van der Waals surface area (Å²) < 4.78 is 0. The van der Waals surface area contributed by atoms with Crippen LogP contribution >= 0.6 is 12.8 Å². The summed E-state index contributed by atoms with van der Waals surface area (Å²) in [6.45, 7) is 2.29. The van der Waals surface area contributed by atoms with Crippen molar-refractivity contribution in [2.75, 3.05) is 0 Å². The molecule has 282 valence electrons. The lowest BCUT2D eigenvalue weighted by Gasteiger charge is -2.20. The van der Waals surface area contributed by atoms with E-state index in [0.29, 0.717) is 5.92 Å². The van der Waals surface area contributed by atoms with E-state index in [-0.39, 0.29) is 0 Å². The first-order chi connectivity index (χ1) is 29.2. The van der Waals surface area contributed by atoms with Gasteiger partial charge in [-0.25, -0.2) is 0 Å². The average molecular weight is 774 g/mol. The summed E-state index contributed by atoms with van der Waals surface area (Å²) in [5.41, 5.74) is 12.7. The fraction of sp³-hybridized carbons (Fsp3) is 0.0526. The number of fused-ring (bicyclic) bond motifs is 5. The van der Waals surface area contributed by atoms with Gasteiger partial charge in [-0.05, 0) is 140 Å². The molecule has 1 nitrogen and oxygen atoms in total. The molecule has 59 heavy (non-hydrogen) atoms. The second-order valence-electron chi connectivity index (χ2n) is 15.6. The normalized spacial score (nSPS) is 13.8. The maximum absolute atomic E-state index is 4.19. The van der Waals surface area contributed by atoms with Gasteiger partial charge in [0.15, 0.2) is 0 Å². The molecule has 11 rings (SSSR count). The molecule has 0 bridgehead atoms. The van der Waals surface area contributed by atoms with Gasteiger partial charge < -0.3 is 0 Å². The van der Waals surface area contributed by atoms with Crippen molar-refractivity contribution < 1.29 is 0 Å². The van der Waals surface area contributed by atoms with Crippen molar-refractivity contribution in [3.63, 3.8) is 0 Å². The minimum absolute atomic E-state index is 0.575. The highest BCUT2D eigenvalue weighted by atomic mass is 32.1. The van der Waals surface area contributed by atoms with Gasteiger partial charge in [0.2, 0.25) is 0 Å². The van der Waals surface area contributed by atoms with Gasteiger partial charge >= 0.3 is 0 Å². The molecule has 1 unspecified atom stereocenters. The molecule has 0 spiro atoms. The fourth-order valence-corrected chi connectivity index (χ4v) is 9.45. The second kappa shape index (κ2) is 15.6. The first-order valence-electron chi connectivity index (χ1n) is 20.4. The third kappa shape index (κ3) is 6.42. The molecule has 0 heterocycles. The molecule has 0 saturated heterocycles. The summed E-state index contributed by atoms with van der Waals surface area (Å²) in [5, 5.41) is 17.0. The molecule has 2 N–H and O–H groups in total. The Morgan fingerprint density at radius 2 is 0.746 bits per heavy atom. The molecular weight excluding hydrogens is 731 g/mol. The highest BCUT2D eigenvalue weighted by molar-refractivity contribution is 7.77. The zero-order chi connectivity index (χ0) is 39.9. The van der Waals surface area contributed by atoms with Gasteiger partial charge in [-0.2, -0.15) is 0 Å². The van der Waals surface area contributed by atoms with Crippen molar-refractivity contribution in [3.8, 4) is 44.5 Å². The summed E-state index contributed by atoms with van der Waals surface area (Å²) in [6, 6.07) is 69.7. The van der Waals surface area contributed by atoms with Crippen LogP contribution in [0, 0.1) is 5.92 Å². The molecule has 1 aliphatic rings. The number of hydrogen-bond donors (Lipinski definition) is 2. The quantitative estimate of drug-likeness (QED) is 0.132. The summed E-state index contributed by atoms with van der Waals surface area (Å²) in [4.78, 5) is 0. The summed E-state index contributed by atoms with van der Waals surface area (Å²) in [7, 11) is 0. The highest BCUT2D eigenvalue weighted by Crippen LogP contribution is 2.46. The van der Waals surface area contributed by atoms with Crippen molar-refractivity contribution in [2.45, 2.75) is 13.3 Å². The maximum Gasteiger partial charge on any atom is -0.00262 e. The zero-order valence-electron chi connectivity index (χ0n) is 32.9. The average Bonchev–Trinajstić information content (AvgIpc) is 3.31. The van der Waals surface area contributed by atoms with Crippen LogP contribution in [0.3, 0.4) is 0 Å². The molecule has 0 saturated carbocycles. The molecule has 0 aromatic heterocycles. The van der Waals surface area contributed by atoms with Gasteiger partial charge in [-0.15, -0.1) is 12.8 Å². The van der Waals surface area contributed by atoms with Gasteiger partial charge in [-0.3, -0.25) is 5.14 Å². The van der Waals surface area contributed by atoms with Gasteiger partial charge in [0.05, 0.1) is 0 Å². The van der Waals surface area contributed by atoms with E-state index in [9.17, 15) is 0 Å². The topological polar surface area (TPSA) is 26.0 Å². The predicted octanol–water partition coefficient (Wildman–Crippen LogP) is 15.9. The molecule has 10 aromatic rings. The van der Waals surface area contributed by atoms with Crippen molar-refractivity contribution in [1.29, 1.82) is 0 Å². The van der Waals surface area contributed by atoms with Gasteiger partial charge in [0, 0.05) is 0 Å². The van der Waals surface area contributed by atoms with E-state index in [1.807, 2.05) is 0 Å². The summed E-state index contributed by atoms with van der Waals surface area (Å²) >= 11 is 3.03. The van der Waals surface area contributed by atoms with Crippen LogP contribution in [0.5, 0.6) is 0 Å². The van der Waals surface area contributed by atoms with Crippen LogP contribution in [0.2, 0.25) is 0 Å². The molecular formula is C57H43NS. The number of thiol groups is 1. The number of hydrogen-bond acceptors (Lipinski definition) is 2. The lowest BCUT2D eigenvalue weighted by atomic mass is 9.83. The second-order valence-corrected chi connectivity index (χ2v) is 15.6. The van der Waals surface area contributed by atoms with E-state index in [1.54, 1.807) is 0 Å². The lowest BCUT2D eigenvalue weighted by molar-refractivity contribution is 0.739. The Balaban J connectivity index is 0.00000207. The molecule has 1 aliphatic carbocycles. The van der Waals surface area contributed by atoms with Crippen LogP contribution in [0.1, 0.15) is 18.9 Å². The van der Waals surface area contributed by atoms with Crippen LogP contribution in [0.4, 0.5) is 0 Å². The van der Waals surface area contributed by atoms with Crippen molar-refractivity contribution >= 4 is 72.3 Å². The number of benzene rings is 10. The maximum atomic E-state index is 4.19. The van der Waals surface area contributed by atoms with E-state index < -0.39 is 0 Å². The van der Waals surface area contributed by atoms with Crippen LogP contribution in [-0.2, 0) is 0 Å². The van der Waals surface area contributed by atoms with Gasteiger partial charge in [0.25, 0.3) is 0 Å². The highest BCUT2D eigenvalue weighted by Gasteiger charge is 2.19.